The average molecular weight is 651 g/mol. The van der Waals surface area contributed by atoms with Crippen LogP contribution in [-0.4, -0.2) is 0 Å². The van der Waals surface area contributed by atoms with E-state index in [-0.39, 0.29) is 40.7 Å². The van der Waals surface area contributed by atoms with Crippen LogP contribution in [0.2, 0.25) is 0 Å². The van der Waals surface area contributed by atoms with Crippen LogP contribution in [0.1, 0.15) is 34.6 Å². The van der Waals surface area contributed by atoms with Gasteiger partial charge in [0.05, 0.1) is 0 Å². The van der Waals surface area contributed by atoms with Crippen molar-refractivity contribution >= 4 is 34.6 Å². The topological polar surface area (TPSA) is 0 Å². The van der Waals surface area contributed by atoms with Crippen molar-refractivity contribution in [1.82, 2.24) is 0 Å². The Bertz CT molecular complexity index is 1200. The van der Waals surface area contributed by atoms with Gasteiger partial charge in [0, 0.05) is 0 Å². The Balaban J connectivity index is 0.000000407. The molecule has 178 valence electrons. The van der Waals surface area contributed by atoms with Crippen molar-refractivity contribution in [3.8, 4) is 0 Å². The van der Waals surface area contributed by atoms with E-state index in [1.165, 1.54) is 43.4 Å². The molecule has 0 N–H and O–H groups in total. The monoisotopic (exact) mass is 652 g/mol. The number of hydrogen-bond acceptors (Lipinski definition) is 0. The average Bonchev–Trinajstić information content (AvgIpc) is 3.30. The van der Waals surface area contributed by atoms with E-state index in [0.29, 0.717) is 0 Å². The third kappa shape index (κ3) is 6.99. The Morgan fingerprint density at radius 3 is 1.60 bits per heavy atom. The third-order valence-corrected chi connectivity index (χ3v) is 8.86. The quantitative estimate of drug-likeness (QED) is 0.179. The summed E-state index contributed by atoms with van der Waals surface area (Å²) in [5.41, 5.74) is 4.39. The van der Waals surface area contributed by atoms with Gasteiger partial charge in [-0.05, 0) is 18.5 Å². The van der Waals surface area contributed by atoms with Gasteiger partial charge in [-0.1, -0.05) is 99.8 Å². The molecular weight excluding hydrogens is 620 g/mol. The van der Waals surface area contributed by atoms with Crippen LogP contribution in [0.3, 0.4) is 0 Å². The molecule has 0 atom stereocenters. The summed E-state index contributed by atoms with van der Waals surface area (Å²) in [6.45, 7) is 10.9. The Kier molecular flexibility index (Phi) is 11.7. The van der Waals surface area contributed by atoms with Crippen LogP contribution in [0.15, 0.2) is 114 Å². The smallest absolute Gasteiger partial charge is 1.00 e. The van der Waals surface area contributed by atoms with Gasteiger partial charge in [0.25, 0.3) is 0 Å². The van der Waals surface area contributed by atoms with Crippen molar-refractivity contribution in [1.29, 1.82) is 0 Å². The van der Waals surface area contributed by atoms with Crippen LogP contribution >= 0.6 is 7.92 Å². The molecule has 0 spiro atoms. The van der Waals surface area contributed by atoms with Crippen molar-refractivity contribution in [3.05, 3.63) is 120 Å². The third-order valence-electron chi connectivity index (χ3n) is 6.45. The molecule has 0 saturated heterocycles. The van der Waals surface area contributed by atoms with Crippen LogP contribution < -0.4 is 25.3 Å². The maximum atomic E-state index is 3.44. The van der Waals surface area contributed by atoms with Gasteiger partial charge in [-0.2, -0.15) is 17.2 Å². The van der Waals surface area contributed by atoms with Gasteiger partial charge in [0.2, 0.25) is 0 Å². The Labute approximate surface area is 228 Å². The second kappa shape index (κ2) is 13.3. The molecule has 1 aliphatic carbocycles. The number of hydrogen-bond donors (Lipinski definition) is 0. The van der Waals surface area contributed by atoms with E-state index in [2.05, 4.69) is 138 Å². The molecule has 0 fully saturated rings. The molecule has 0 radical (unpaired) electrons. The Morgan fingerprint density at radius 2 is 1.20 bits per heavy atom. The summed E-state index contributed by atoms with van der Waals surface area (Å²) in [6, 6.07) is 35.0. The molecule has 0 unspecified atom stereocenters. The van der Waals surface area contributed by atoms with Gasteiger partial charge < -0.3 is 9.41 Å². The molecule has 0 aromatic heterocycles. The molecule has 0 amide bonds. The van der Waals surface area contributed by atoms with E-state index in [1.54, 1.807) is 0 Å². The fourth-order valence-corrected chi connectivity index (χ4v) is 6.64. The van der Waals surface area contributed by atoms with E-state index < -0.39 is 7.92 Å². The standard InChI is InChI=1S/C21H16P.C10H15.2FH.Hf/c1-3-11-19(12-4-1)22(20-13-5-2-6-14-20)21-15-17-9-7-8-10-18(17)16-21;1-7-6-10(4,5)9(3)8(7)2;;;/h1-16H;1-5H3;2*1H;/q2*-1;;;+4/p-2. The Morgan fingerprint density at radius 1 is 0.714 bits per heavy atom. The zero-order valence-electron chi connectivity index (χ0n) is 20.9. The first kappa shape index (κ1) is 30.9. The first-order chi connectivity index (χ1) is 15.4. The van der Waals surface area contributed by atoms with Gasteiger partial charge in [0.15, 0.2) is 0 Å². The van der Waals surface area contributed by atoms with Crippen molar-refractivity contribution in [2.75, 3.05) is 0 Å². The molecule has 5 rings (SSSR count). The summed E-state index contributed by atoms with van der Waals surface area (Å²) in [7, 11) is -0.493. The number of benzene rings is 3. The van der Waals surface area contributed by atoms with Gasteiger partial charge in [-0.25, -0.2) is 5.57 Å². The van der Waals surface area contributed by atoms with Gasteiger partial charge >= 0.3 is 25.8 Å². The minimum Gasteiger partial charge on any atom is -1.00 e. The SMILES string of the molecule is CC1=[C-]C(C)(C)C(C)=C1C.[F-].[F-].[Hf+4].c1ccc(P(c2ccccc2)c2cc3ccccc3[cH-]2)cc1. The van der Waals surface area contributed by atoms with Gasteiger partial charge in [-0.15, -0.1) is 47.3 Å². The van der Waals surface area contributed by atoms with Crippen molar-refractivity contribution < 1.29 is 35.3 Å². The number of allylic oxidation sites excluding steroid dienone is 4. The predicted molar refractivity (Wildman–Crippen MR) is 143 cm³/mol. The second-order valence-electron chi connectivity index (χ2n) is 8.97. The number of rotatable bonds is 3. The molecule has 0 nitrogen and oxygen atoms in total. The van der Waals surface area contributed by atoms with Crippen LogP contribution in [-0.2, 0) is 25.8 Å². The van der Waals surface area contributed by atoms with E-state index in [4.69, 9.17) is 0 Å². The number of halogens is 2. The maximum Gasteiger partial charge on any atom is 4.00 e. The minimum absolute atomic E-state index is 0. The summed E-state index contributed by atoms with van der Waals surface area (Å²) in [4.78, 5) is 0. The zero-order chi connectivity index (χ0) is 22.7. The largest absolute Gasteiger partial charge is 4.00 e. The summed E-state index contributed by atoms with van der Waals surface area (Å²) >= 11 is 0. The van der Waals surface area contributed by atoms with Crippen LogP contribution in [0.25, 0.3) is 10.8 Å². The summed E-state index contributed by atoms with van der Waals surface area (Å²) in [6.07, 6.45) is 3.44. The fourth-order valence-electron chi connectivity index (χ4n) is 4.27. The van der Waals surface area contributed by atoms with E-state index >= 15 is 0 Å². The summed E-state index contributed by atoms with van der Waals surface area (Å²) < 4.78 is 0. The second-order valence-corrected chi connectivity index (χ2v) is 11.2. The zero-order valence-corrected chi connectivity index (χ0v) is 25.4. The summed E-state index contributed by atoms with van der Waals surface area (Å²) in [5, 5.41) is 6.89. The van der Waals surface area contributed by atoms with Crippen LogP contribution in [0.5, 0.6) is 0 Å². The van der Waals surface area contributed by atoms with Crippen LogP contribution in [0.4, 0.5) is 0 Å². The Hall–Kier alpha value is -2.09. The molecule has 0 aliphatic heterocycles. The van der Waals surface area contributed by atoms with Crippen molar-refractivity contribution in [2.45, 2.75) is 34.6 Å². The van der Waals surface area contributed by atoms with Gasteiger partial charge in [-0.3, -0.25) is 6.08 Å². The summed E-state index contributed by atoms with van der Waals surface area (Å²) in [5.74, 6) is 0. The molecular formula is C31H31F2HfP. The van der Waals surface area contributed by atoms with E-state index in [9.17, 15) is 0 Å². The first-order valence-electron chi connectivity index (χ1n) is 11.2. The first-order valence-corrected chi connectivity index (χ1v) is 12.6. The van der Waals surface area contributed by atoms with Crippen molar-refractivity contribution in [2.24, 2.45) is 5.41 Å². The molecule has 0 heterocycles. The molecule has 1 aliphatic rings. The van der Waals surface area contributed by atoms with E-state index in [0.717, 1.165) is 0 Å². The molecule has 4 heteroatoms. The normalized spacial score (nSPS) is 13.7. The maximum absolute atomic E-state index is 3.44. The molecule has 0 saturated carbocycles. The fraction of sp³-hybridized carbons (Fsp3) is 0.194. The minimum atomic E-state index is -0.493. The molecule has 0 bridgehead atoms. The number of fused-ring (bicyclic) bond motifs is 1. The van der Waals surface area contributed by atoms with Gasteiger partial charge in [0.1, 0.15) is 0 Å². The van der Waals surface area contributed by atoms with Crippen LogP contribution in [0, 0.1) is 11.5 Å². The molecule has 4 aromatic carbocycles. The van der Waals surface area contributed by atoms with E-state index in [1.807, 2.05) is 0 Å². The predicted octanol–water partition coefficient (Wildman–Crippen LogP) is 1.43. The molecule has 4 aromatic rings. The van der Waals surface area contributed by atoms with Crippen molar-refractivity contribution in [3.63, 3.8) is 0 Å². The molecule has 35 heavy (non-hydrogen) atoms.